The third kappa shape index (κ3) is 6.22. The summed E-state index contributed by atoms with van der Waals surface area (Å²) in [5.41, 5.74) is 5.43. The molecule has 1 heterocycles. The van der Waals surface area contributed by atoms with Gasteiger partial charge in [0.15, 0.2) is 0 Å². The van der Waals surface area contributed by atoms with Gasteiger partial charge in [0, 0.05) is 5.75 Å². The van der Waals surface area contributed by atoms with Crippen molar-refractivity contribution in [2.45, 2.75) is 32.4 Å². The molecular weight excluding hydrogens is 274 g/mol. The standard InChI is InChI=1S/C10H19N3S.BrH/c11-4-2-1-3-5-12-6-7-13(10-12)8-9-14;/h6-7,10H,1-5,8-9,11H2;1H. The van der Waals surface area contributed by atoms with E-state index in [0.717, 1.165) is 31.8 Å². The zero-order valence-corrected chi connectivity index (χ0v) is 11.5. The molecule has 3 nitrogen and oxygen atoms in total. The molecule has 0 amide bonds. The van der Waals surface area contributed by atoms with Crippen LogP contribution in [0, 0.1) is 0 Å². The van der Waals surface area contributed by atoms with Gasteiger partial charge in [-0.05, 0) is 25.8 Å². The highest BCUT2D eigenvalue weighted by molar-refractivity contribution is 7.80. The van der Waals surface area contributed by atoms with Crippen molar-refractivity contribution in [1.29, 1.82) is 0 Å². The predicted molar refractivity (Wildman–Crippen MR) is 61.4 cm³/mol. The summed E-state index contributed by atoms with van der Waals surface area (Å²) in [7, 11) is 0. The second-order valence-electron chi connectivity index (χ2n) is 3.46. The van der Waals surface area contributed by atoms with E-state index in [0.29, 0.717) is 0 Å². The lowest BCUT2D eigenvalue weighted by Gasteiger charge is -1.96. The molecule has 88 valence electrons. The van der Waals surface area contributed by atoms with Crippen LogP contribution in [0.15, 0.2) is 18.7 Å². The van der Waals surface area contributed by atoms with Gasteiger partial charge in [0.05, 0.1) is 13.1 Å². The van der Waals surface area contributed by atoms with Crippen molar-refractivity contribution in [3.05, 3.63) is 18.7 Å². The zero-order chi connectivity index (χ0) is 10.2. The largest absolute Gasteiger partial charge is 1.00 e. The van der Waals surface area contributed by atoms with Crippen molar-refractivity contribution in [2.75, 3.05) is 12.3 Å². The molecule has 0 saturated heterocycles. The molecule has 15 heavy (non-hydrogen) atoms. The molecule has 0 unspecified atom stereocenters. The Morgan fingerprint density at radius 3 is 2.73 bits per heavy atom. The van der Waals surface area contributed by atoms with Crippen LogP contribution in [0.1, 0.15) is 19.3 Å². The summed E-state index contributed by atoms with van der Waals surface area (Å²) < 4.78 is 4.38. The fourth-order valence-corrected chi connectivity index (χ4v) is 1.67. The predicted octanol–water partition coefficient (Wildman–Crippen LogP) is -2.16. The van der Waals surface area contributed by atoms with E-state index < -0.39 is 0 Å². The molecule has 5 heteroatoms. The summed E-state index contributed by atoms with van der Waals surface area (Å²) >= 11 is 4.20. The van der Waals surface area contributed by atoms with E-state index in [1.807, 2.05) is 0 Å². The van der Waals surface area contributed by atoms with E-state index >= 15 is 0 Å². The molecule has 0 saturated carbocycles. The van der Waals surface area contributed by atoms with Crippen molar-refractivity contribution in [3.8, 4) is 0 Å². The maximum atomic E-state index is 5.43. The van der Waals surface area contributed by atoms with Crippen molar-refractivity contribution < 1.29 is 21.5 Å². The van der Waals surface area contributed by atoms with Crippen molar-refractivity contribution in [2.24, 2.45) is 5.73 Å². The van der Waals surface area contributed by atoms with E-state index in [4.69, 9.17) is 5.73 Å². The topological polar surface area (TPSA) is 34.8 Å². The Morgan fingerprint density at radius 1 is 1.27 bits per heavy atom. The summed E-state index contributed by atoms with van der Waals surface area (Å²) in [6, 6.07) is 0. The molecule has 0 aromatic carbocycles. The highest BCUT2D eigenvalue weighted by Gasteiger charge is 2.01. The lowest BCUT2D eigenvalue weighted by Crippen LogP contribution is -3.00. The molecule has 0 aliphatic carbocycles. The number of thiol groups is 1. The lowest BCUT2D eigenvalue weighted by molar-refractivity contribution is -0.691. The van der Waals surface area contributed by atoms with Gasteiger partial charge in [-0.3, -0.25) is 0 Å². The van der Waals surface area contributed by atoms with E-state index in [1.54, 1.807) is 0 Å². The van der Waals surface area contributed by atoms with Crippen LogP contribution < -0.4 is 27.3 Å². The minimum absolute atomic E-state index is 0. The summed E-state index contributed by atoms with van der Waals surface area (Å²) in [5.74, 6) is 0.891. The summed E-state index contributed by atoms with van der Waals surface area (Å²) in [4.78, 5) is 0. The summed E-state index contributed by atoms with van der Waals surface area (Å²) in [6.45, 7) is 2.89. The molecule has 1 aromatic rings. The van der Waals surface area contributed by atoms with Crippen LogP contribution in [-0.4, -0.2) is 16.9 Å². The minimum Gasteiger partial charge on any atom is -1.00 e. The van der Waals surface area contributed by atoms with Crippen LogP contribution in [0.25, 0.3) is 0 Å². The van der Waals surface area contributed by atoms with Gasteiger partial charge in [0.2, 0.25) is 6.33 Å². The van der Waals surface area contributed by atoms with E-state index in [9.17, 15) is 0 Å². The van der Waals surface area contributed by atoms with Gasteiger partial charge in [0.25, 0.3) is 0 Å². The van der Waals surface area contributed by atoms with Gasteiger partial charge >= 0.3 is 0 Å². The molecule has 0 radical (unpaired) electrons. The van der Waals surface area contributed by atoms with Gasteiger partial charge in [0.1, 0.15) is 12.4 Å². The number of hydrogen-bond acceptors (Lipinski definition) is 2. The van der Waals surface area contributed by atoms with Gasteiger partial charge in [-0.1, -0.05) is 0 Å². The number of unbranched alkanes of at least 4 members (excludes halogenated alkanes) is 2. The first-order valence-electron chi connectivity index (χ1n) is 5.22. The van der Waals surface area contributed by atoms with Gasteiger partial charge < -0.3 is 22.7 Å². The maximum absolute atomic E-state index is 5.43. The molecule has 1 rings (SSSR count). The summed E-state index contributed by atoms with van der Waals surface area (Å²) in [5, 5.41) is 0. The van der Waals surface area contributed by atoms with Gasteiger partial charge in [-0.25, -0.2) is 9.13 Å². The number of halogens is 1. The number of aryl methyl sites for hydroxylation is 2. The van der Waals surface area contributed by atoms with Crippen molar-refractivity contribution in [1.82, 2.24) is 4.57 Å². The Hall–Kier alpha value is 0. The highest BCUT2D eigenvalue weighted by atomic mass is 79.9. The maximum Gasteiger partial charge on any atom is 0.243 e. The molecule has 2 N–H and O–H groups in total. The monoisotopic (exact) mass is 293 g/mol. The Morgan fingerprint density at radius 2 is 2.07 bits per heavy atom. The fourth-order valence-electron chi connectivity index (χ4n) is 1.43. The first kappa shape index (κ1) is 15.0. The molecule has 0 fully saturated rings. The second-order valence-corrected chi connectivity index (χ2v) is 3.91. The molecule has 0 atom stereocenters. The molecule has 0 aliphatic heterocycles. The Bertz CT molecular complexity index is 253. The van der Waals surface area contributed by atoms with Crippen molar-refractivity contribution in [3.63, 3.8) is 0 Å². The molecule has 0 spiro atoms. The van der Waals surface area contributed by atoms with Crippen LogP contribution in [-0.2, 0) is 13.1 Å². The Labute approximate surface area is 108 Å². The van der Waals surface area contributed by atoms with Crippen LogP contribution >= 0.6 is 12.6 Å². The fraction of sp³-hybridized carbons (Fsp3) is 0.700. The third-order valence-electron chi connectivity index (χ3n) is 2.22. The number of imidazole rings is 1. The number of rotatable bonds is 7. The Balaban J connectivity index is 0.00000196. The molecule has 0 bridgehead atoms. The number of nitrogens with zero attached hydrogens (tertiary/aromatic N) is 2. The van der Waals surface area contributed by atoms with Crippen LogP contribution in [0.5, 0.6) is 0 Å². The SMILES string of the molecule is NCCCCCn1cc[n+](CCS)c1.[Br-]. The quantitative estimate of drug-likeness (QED) is 0.335. The third-order valence-corrected chi connectivity index (χ3v) is 2.42. The lowest BCUT2D eigenvalue weighted by atomic mass is 10.2. The zero-order valence-electron chi connectivity index (χ0n) is 8.98. The second kappa shape index (κ2) is 9.24. The smallest absolute Gasteiger partial charge is 0.243 e. The van der Waals surface area contributed by atoms with Crippen LogP contribution in [0.3, 0.4) is 0 Å². The van der Waals surface area contributed by atoms with Gasteiger partial charge in [-0.2, -0.15) is 12.6 Å². The first-order chi connectivity index (χ1) is 6.86. The Kier molecular flexibility index (Phi) is 9.24. The van der Waals surface area contributed by atoms with E-state index in [-0.39, 0.29) is 17.0 Å². The van der Waals surface area contributed by atoms with Crippen molar-refractivity contribution >= 4 is 12.6 Å². The average molecular weight is 294 g/mol. The molecular formula is C10H20BrN3S. The summed E-state index contributed by atoms with van der Waals surface area (Å²) in [6.07, 6.45) is 9.93. The average Bonchev–Trinajstić information content (AvgIpc) is 2.61. The molecule has 0 aliphatic rings. The van der Waals surface area contributed by atoms with Crippen LogP contribution in [0.2, 0.25) is 0 Å². The first-order valence-corrected chi connectivity index (χ1v) is 5.86. The van der Waals surface area contributed by atoms with Crippen LogP contribution in [0.4, 0.5) is 0 Å². The highest BCUT2D eigenvalue weighted by Crippen LogP contribution is 1.97. The molecule has 1 aromatic heterocycles. The number of aromatic nitrogens is 2. The number of nitrogens with two attached hydrogens (primary N) is 1. The van der Waals surface area contributed by atoms with E-state index in [2.05, 4.69) is 40.5 Å². The normalized spacial score (nSPS) is 10.0. The van der Waals surface area contributed by atoms with Gasteiger partial charge in [-0.15, -0.1) is 0 Å². The minimum atomic E-state index is 0. The van der Waals surface area contributed by atoms with E-state index in [1.165, 1.54) is 12.8 Å². The number of hydrogen-bond donors (Lipinski definition) is 2.